The minimum absolute atomic E-state index is 0.0460. The van der Waals surface area contributed by atoms with Crippen molar-refractivity contribution in [3.63, 3.8) is 0 Å². The highest BCUT2D eigenvalue weighted by molar-refractivity contribution is 5.81. The second kappa shape index (κ2) is 8.70. The highest BCUT2D eigenvalue weighted by atomic mass is 16.5. The number of carbonyl (C=O) groups excluding carboxylic acids is 1. The molecule has 0 fully saturated rings. The number of ether oxygens (including phenoxy) is 1. The monoisotopic (exact) mass is 339 g/mol. The van der Waals surface area contributed by atoms with Crippen LogP contribution in [0, 0.1) is 13.8 Å². The van der Waals surface area contributed by atoms with Crippen molar-refractivity contribution in [3.05, 3.63) is 64.7 Å². The average molecular weight is 339 g/mol. The maximum Gasteiger partial charge on any atom is 0.261 e. The molecule has 3 nitrogen and oxygen atoms in total. The minimum Gasteiger partial charge on any atom is -0.481 e. The molecular weight excluding hydrogens is 310 g/mol. The molecule has 134 valence electrons. The largest absolute Gasteiger partial charge is 0.481 e. The SMILES string of the molecule is CCc1ccc([C@@H](C)NC(=O)[C@@H](CC)Oc2cc(C)cc(C)c2)cc1. The highest BCUT2D eigenvalue weighted by Crippen LogP contribution is 2.19. The van der Waals surface area contributed by atoms with Crippen LogP contribution < -0.4 is 10.1 Å². The minimum atomic E-state index is -0.487. The van der Waals surface area contributed by atoms with Gasteiger partial charge in [0.25, 0.3) is 5.91 Å². The zero-order valence-corrected chi connectivity index (χ0v) is 15.9. The summed E-state index contributed by atoms with van der Waals surface area (Å²) in [5.74, 6) is 0.674. The van der Waals surface area contributed by atoms with Crippen molar-refractivity contribution in [1.82, 2.24) is 5.32 Å². The van der Waals surface area contributed by atoms with Crippen molar-refractivity contribution in [3.8, 4) is 5.75 Å². The fourth-order valence-electron chi connectivity index (χ4n) is 2.92. The number of benzene rings is 2. The molecule has 1 amide bonds. The molecule has 2 aromatic rings. The molecule has 0 aliphatic heterocycles. The Morgan fingerprint density at radius 1 is 1.04 bits per heavy atom. The predicted molar refractivity (Wildman–Crippen MR) is 103 cm³/mol. The smallest absolute Gasteiger partial charge is 0.261 e. The lowest BCUT2D eigenvalue weighted by Crippen LogP contribution is -2.39. The number of hydrogen-bond donors (Lipinski definition) is 1. The van der Waals surface area contributed by atoms with E-state index in [2.05, 4.69) is 42.6 Å². The first-order valence-corrected chi connectivity index (χ1v) is 9.07. The van der Waals surface area contributed by atoms with Crippen molar-refractivity contribution in [2.75, 3.05) is 0 Å². The third-order valence-corrected chi connectivity index (χ3v) is 4.38. The van der Waals surface area contributed by atoms with Crippen LogP contribution in [0.5, 0.6) is 5.75 Å². The Bertz CT molecular complexity index is 686. The zero-order valence-electron chi connectivity index (χ0n) is 15.9. The lowest BCUT2D eigenvalue weighted by atomic mass is 10.0. The maximum atomic E-state index is 12.6. The summed E-state index contributed by atoms with van der Waals surface area (Å²) in [6.07, 6.45) is 1.15. The fraction of sp³-hybridized carbons (Fsp3) is 0.409. The van der Waals surface area contributed by atoms with E-state index >= 15 is 0 Å². The molecular formula is C22H29NO2. The van der Waals surface area contributed by atoms with Gasteiger partial charge in [-0.25, -0.2) is 0 Å². The summed E-state index contributed by atoms with van der Waals surface area (Å²) in [5.41, 5.74) is 4.67. The van der Waals surface area contributed by atoms with E-state index in [1.54, 1.807) is 0 Å². The molecule has 3 heteroatoms. The molecule has 0 aromatic heterocycles. The van der Waals surface area contributed by atoms with Crippen molar-refractivity contribution in [2.45, 2.75) is 59.6 Å². The molecule has 0 radical (unpaired) electrons. The molecule has 0 unspecified atom stereocenters. The summed E-state index contributed by atoms with van der Waals surface area (Å²) in [5, 5.41) is 3.07. The van der Waals surface area contributed by atoms with Crippen LogP contribution in [-0.4, -0.2) is 12.0 Å². The first kappa shape index (κ1) is 19.0. The van der Waals surface area contributed by atoms with E-state index in [4.69, 9.17) is 4.74 Å². The topological polar surface area (TPSA) is 38.3 Å². The molecule has 25 heavy (non-hydrogen) atoms. The first-order chi connectivity index (χ1) is 11.9. The zero-order chi connectivity index (χ0) is 18.4. The second-order valence-electron chi connectivity index (χ2n) is 6.66. The third kappa shape index (κ3) is 5.35. The van der Waals surface area contributed by atoms with Gasteiger partial charge in [-0.05, 0) is 68.0 Å². The average Bonchev–Trinajstić information content (AvgIpc) is 2.58. The Balaban J connectivity index is 2.03. The summed E-state index contributed by atoms with van der Waals surface area (Å²) in [7, 11) is 0. The van der Waals surface area contributed by atoms with Gasteiger partial charge in [-0.15, -0.1) is 0 Å². The maximum absolute atomic E-state index is 12.6. The highest BCUT2D eigenvalue weighted by Gasteiger charge is 2.21. The number of nitrogens with one attached hydrogen (secondary N) is 1. The van der Waals surface area contributed by atoms with Gasteiger partial charge in [-0.3, -0.25) is 4.79 Å². The van der Waals surface area contributed by atoms with E-state index in [0.29, 0.717) is 6.42 Å². The lowest BCUT2D eigenvalue weighted by molar-refractivity contribution is -0.128. The van der Waals surface area contributed by atoms with E-state index in [1.807, 2.05) is 39.8 Å². The van der Waals surface area contributed by atoms with Crippen molar-refractivity contribution >= 4 is 5.91 Å². The molecule has 2 aromatic carbocycles. The quantitative estimate of drug-likeness (QED) is 0.779. The van der Waals surface area contributed by atoms with Gasteiger partial charge in [-0.2, -0.15) is 0 Å². The third-order valence-electron chi connectivity index (χ3n) is 4.38. The molecule has 0 aliphatic carbocycles. The van der Waals surface area contributed by atoms with E-state index < -0.39 is 6.10 Å². The molecule has 0 aliphatic rings. The molecule has 2 rings (SSSR count). The van der Waals surface area contributed by atoms with E-state index in [9.17, 15) is 4.79 Å². The van der Waals surface area contributed by atoms with Gasteiger partial charge in [0.05, 0.1) is 6.04 Å². The Morgan fingerprint density at radius 3 is 2.16 bits per heavy atom. The predicted octanol–water partition coefficient (Wildman–Crippen LogP) is 4.90. The van der Waals surface area contributed by atoms with E-state index in [1.165, 1.54) is 5.56 Å². The molecule has 0 bridgehead atoms. The summed E-state index contributed by atoms with van der Waals surface area (Å²) < 4.78 is 5.95. The Morgan fingerprint density at radius 2 is 1.64 bits per heavy atom. The van der Waals surface area contributed by atoms with Crippen LogP contribution in [0.15, 0.2) is 42.5 Å². The van der Waals surface area contributed by atoms with Crippen LogP contribution in [0.25, 0.3) is 0 Å². The van der Waals surface area contributed by atoms with Gasteiger partial charge in [0, 0.05) is 0 Å². The lowest BCUT2D eigenvalue weighted by Gasteiger charge is -2.21. The Hall–Kier alpha value is -2.29. The first-order valence-electron chi connectivity index (χ1n) is 9.07. The number of hydrogen-bond acceptors (Lipinski definition) is 2. The molecule has 2 atom stereocenters. The summed E-state index contributed by atoms with van der Waals surface area (Å²) in [4.78, 5) is 12.6. The van der Waals surface area contributed by atoms with Gasteiger partial charge in [0.2, 0.25) is 0 Å². The molecule has 0 saturated carbocycles. The standard InChI is InChI=1S/C22H29NO2/c1-6-18-8-10-19(11-9-18)17(5)23-22(24)21(7-2)25-20-13-15(3)12-16(4)14-20/h8-14,17,21H,6-7H2,1-5H3,(H,23,24)/t17-,21-/m1/s1. The second-order valence-corrected chi connectivity index (χ2v) is 6.66. The Labute approximate surface area is 151 Å². The van der Waals surface area contributed by atoms with Crippen LogP contribution in [0.2, 0.25) is 0 Å². The van der Waals surface area contributed by atoms with Gasteiger partial charge >= 0.3 is 0 Å². The molecule has 1 N–H and O–H groups in total. The van der Waals surface area contributed by atoms with E-state index in [-0.39, 0.29) is 11.9 Å². The fourth-order valence-corrected chi connectivity index (χ4v) is 2.92. The van der Waals surface area contributed by atoms with Crippen molar-refractivity contribution in [1.29, 1.82) is 0 Å². The summed E-state index contributed by atoms with van der Waals surface area (Å²) >= 11 is 0. The summed E-state index contributed by atoms with van der Waals surface area (Å²) in [6.45, 7) is 10.2. The Kier molecular flexibility index (Phi) is 6.63. The molecule has 0 saturated heterocycles. The van der Waals surface area contributed by atoms with Crippen molar-refractivity contribution < 1.29 is 9.53 Å². The van der Waals surface area contributed by atoms with Crippen LogP contribution >= 0.6 is 0 Å². The van der Waals surface area contributed by atoms with Gasteiger partial charge in [0.15, 0.2) is 6.10 Å². The molecule has 0 heterocycles. The van der Waals surface area contributed by atoms with Crippen LogP contribution in [0.4, 0.5) is 0 Å². The number of carbonyl (C=O) groups is 1. The number of amides is 1. The van der Waals surface area contributed by atoms with Gasteiger partial charge in [-0.1, -0.05) is 44.2 Å². The molecule has 0 spiro atoms. The van der Waals surface area contributed by atoms with Gasteiger partial charge in [0.1, 0.15) is 5.75 Å². The van der Waals surface area contributed by atoms with E-state index in [0.717, 1.165) is 28.9 Å². The van der Waals surface area contributed by atoms with Crippen LogP contribution in [0.3, 0.4) is 0 Å². The van der Waals surface area contributed by atoms with Crippen molar-refractivity contribution in [2.24, 2.45) is 0 Å². The normalized spacial score (nSPS) is 13.2. The van der Waals surface area contributed by atoms with Gasteiger partial charge < -0.3 is 10.1 Å². The number of rotatable bonds is 7. The van der Waals surface area contributed by atoms with Crippen LogP contribution in [0.1, 0.15) is 55.5 Å². The van der Waals surface area contributed by atoms with Crippen LogP contribution in [-0.2, 0) is 11.2 Å². The number of aryl methyl sites for hydroxylation is 3. The summed E-state index contributed by atoms with van der Waals surface area (Å²) in [6, 6.07) is 14.4.